The van der Waals surface area contributed by atoms with Gasteiger partial charge in [0.1, 0.15) is 11.6 Å². The zero-order valence-corrected chi connectivity index (χ0v) is 14.9. The van der Waals surface area contributed by atoms with Crippen LogP contribution in [0.2, 0.25) is 5.02 Å². The van der Waals surface area contributed by atoms with Gasteiger partial charge in [-0.25, -0.2) is 9.97 Å². The van der Waals surface area contributed by atoms with E-state index in [2.05, 4.69) is 5.32 Å². The van der Waals surface area contributed by atoms with E-state index < -0.39 is 0 Å². The molecule has 5 heteroatoms. The number of hydrogen-bond donors (Lipinski definition) is 1. The molecule has 0 spiro atoms. The number of hydrogen-bond acceptors (Lipinski definition) is 4. The predicted molar refractivity (Wildman–Crippen MR) is 106 cm³/mol. The molecular formula is C21H16ClN3O. The number of ether oxygens (including phenoxy) is 1. The number of nitrogens with one attached hydrogen (secondary N) is 1. The van der Waals surface area contributed by atoms with Crippen molar-refractivity contribution < 1.29 is 4.74 Å². The third-order valence-electron chi connectivity index (χ3n) is 4.06. The van der Waals surface area contributed by atoms with Gasteiger partial charge in [-0.15, -0.1) is 0 Å². The van der Waals surface area contributed by atoms with Crippen LogP contribution in [-0.2, 0) is 0 Å². The summed E-state index contributed by atoms with van der Waals surface area (Å²) in [7, 11) is 1.65. The van der Waals surface area contributed by atoms with Gasteiger partial charge in [0, 0.05) is 21.7 Å². The third kappa shape index (κ3) is 3.32. The quantitative estimate of drug-likeness (QED) is 0.506. The number of benzene rings is 3. The molecule has 0 aliphatic carbocycles. The molecule has 0 fully saturated rings. The van der Waals surface area contributed by atoms with Crippen LogP contribution in [0, 0.1) is 0 Å². The zero-order chi connectivity index (χ0) is 17.9. The molecule has 0 unspecified atom stereocenters. The van der Waals surface area contributed by atoms with Crippen molar-refractivity contribution in [3.8, 4) is 17.1 Å². The van der Waals surface area contributed by atoms with E-state index >= 15 is 0 Å². The highest BCUT2D eigenvalue weighted by atomic mass is 35.5. The topological polar surface area (TPSA) is 47.0 Å². The standard InChI is InChI=1S/C21H16ClN3O/c1-26-17-12-6-14(7-13-17)20-24-19-5-3-2-4-18(19)21(25-20)23-16-10-8-15(22)9-11-16/h2-13H,1H3,(H,23,24,25). The van der Waals surface area contributed by atoms with Crippen LogP contribution in [0.1, 0.15) is 0 Å². The Labute approximate surface area is 156 Å². The highest BCUT2D eigenvalue weighted by molar-refractivity contribution is 6.30. The van der Waals surface area contributed by atoms with Gasteiger partial charge in [0.2, 0.25) is 0 Å². The molecule has 0 saturated carbocycles. The number of nitrogens with zero attached hydrogens (tertiary/aromatic N) is 2. The van der Waals surface area contributed by atoms with Crippen LogP contribution in [0.3, 0.4) is 0 Å². The number of rotatable bonds is 4. The summed E-state index contributed by atoms with van der Waals surface area (Å²) in [6, 6.07) is 23.2. The normalized spacial score (nSPS) is 10.7. The van der Waals surface area contributed by atoms with Crippen LogP contribution in [-0.4, -0.2) is 17.1 Å². The van der Waals surface area contributed by atoms with Crippen LogP contribution < -0.4 is 10.1 Å². The van der Waals surface area contributed by atoms with E-state index in [-0.39, 0.29) is 0 Å². The maximum Gasteiger partial charge on any atom is 0.162 e. The highest BCUT2D eigenvalue weighted by Gasteiger charge is 2.10. The number of para-hydroxylation sites is 1. The second-order valence-corrected chi connectivity index (χ2v) is 6.21. The molecule has 1 heterocycles. The van der Waals surface area contributed by atoms with Crippen molar-refractivity contribution in [2.24, 2.45) is 0 Å². The summed E-state index contributed by atoms with van der Waals surface area (Å²) in [6.07, 6.45) is 0. The lowest BCUT2D eigenvalue weighted by Crippen LogP contribution is -1.99. The van der Waals surface area contributed by atoms with E-state index in [1.807, 2.05) is 72.8 Å². The first-order valence-corrected chi connectivity index (χ1v) is 8.54. The number of fused-ring (bicyclic) bond motifs is 1. The van der Waals surface area contributed by atoms with Crippen LogP contribution in [0.5, 0.6) is 5.75 Å². The molecule has 128 valence electrons. The summed E-state index contributed by atoms with van der Waals surface area (Å²) in [5.74, 6) is 2.21. The maximum absolute atomic E-state index is 5.98. The van der Waals surface area contributed by atoms with E-state index in [1.165, 1.54) is 0 Å². The van der Waals surface area contributed by atoms with E-state index in [9.17, 15) is 0 Å². The van der Waals surface area contributed by atoms with Crippen molar-refractivity contribution in [1.29, 1.82) is 0 Å². The molecule has 4 aromatic rings. The molecule has 0 atom stereocenters. The van der Waals surface area contributed by atoms with Gasteiger partial charge < -0.3 is 10.1 Å². The Balaban J connectivity index is 1.80. The fourth-order valence-electron chi connectivity index (χ4n) is 2.71. The second-order valence-electron chi connectivity index (χ2n) is 5.77. The minimum absolute atomic E-state index is 0.655. The Morgan fingerprint density at radius 3 is 2.31 bits per heavy atom. The smallest absolute Gasteiger partial charge is 0.162 e. The molecule has 4 rings (SSSR count). The van der Waals surface area contributed by atoms with Crippen molar-refractivity contribution in [2.75, 3.05) is 12.4 Å². The van der Waals surface area contributed by atoms with Gasteiger partial charge in [-0.05, 0) is 60.7 Å². The van der Waals surface area contributed by atoms with Crippen molar-refractivity contribution in [2.45, 2.75) is 0 Å². The largest absolute Gasteiger partial charge is 0.497 e. The Morgan fingerprint density at radius 2 is 1.58 bits per heavy atom. The first-order valence-electron chi connectivity index (χ1n) is 8.17. The summed E-state index contributed by atoms with van der Waals surface area (Å²) < 4.78 is 5.22. The van der Waals surface area contributed by atoms with Gasteiger partial charge in [0.15, 0.2) is 5.82 Å². The first-order chi connectivity index (χ1) is 12.7. The molecule has 0 aliphatic heterocycles. The van der Waals surface area contributed by atoms with Crippen molar-refractivity contribution in [3.63, 3.8) is 0 Å². The molecule has 1 N–H and O–H groups in total. The molecule has 0 aliphatic rings. The molecule has 26 heavy (non-hydrogen) atoms. The van der Waals surface area contributed by atoms with Crippen molar-refractivity contribution in [3.05, 3.63) is 77.8 Å². The van der Waals surface area contributed by atoms with E-state index in [1.54, 1.807) is 7.11 Å². The average molecular weight is 362 g/mol. The van der Waals surface area contributed by atoms with E-state index in [4.69, 9.17) is 26.3 Å². The lowest BCUT2D eigenvalue weighted by atomic mass is 10.1. The molecule has 0 saturated heterocycles. The molecule has 0 radical (unpaired) electrons. The maximum atomic E-state index is 5.98. The number of anilines is 2. The lowest BCUT2D eigenvalue weighted by molar-refractivity contribution is 0.415. The number of halogens is 1. The Morgan fingerprint density at radius 1 is 0.846 bits per heavy atom. The number of aromatic nitrogens is 2. The minimum Gasteiger partial charge on any atom is -0.497 e. The number of methoxy groups -OCH3 is 1. The first kappa shape index (κ1) is 16.4. The van der Waals surface area contributed by atoms with Gasteiger partial charge in [0.05, 0.1) is 12.6 Å². The van der Waals surface area contributed by atoms with Crippen molar-refractivity contribution >= 4 is 34.0 Å². The second kappa shape index (κ2) is 7.02. The SMILES string of the molecule is COc1ccc(-c2nc(Nc3ccc(Cl)cc3)c3ccccc3n2)cc1. The third-order valence-corrected chi connectivity index (χ3v) is 4.31. The minimum atomic E-state index is 0.655. The van der Waals surface area contributed by atoms with Gasteiger partial charge in [-0.3, -0.25) is 0 Å². The molecular weight excluding hydrogens is 346 g/mol. The monoisotopic (exact) mass is 361 g/mol. The summed E-state index contributed by atoms with van der Waals surface area (Å²) in [5, 5.41) is 5.03. The molecule has 0 bridgehead atoms. The van der Waals surface area contributed by atoms with Gasteiger partial charge >= 0.3 is 0 Å². The Kier molecular flexibility index (Phi) is 4.42. The van der Waals surface area contributed by atoms with Gasteiger partial charge in [0.25, 0.3) is 0 Å². The molecule has 3 aromatic carbocycles. The summed E-state index contributed by atoms with van der Waals surface area (Å²) in [4.78, 5) is 9.45. The summed E-state index contributed by atoms with van der Waals surface area (Å²) in [6.45, 7) is 0. The molecule has 1 aromatic heterocycles. The molecule has 4 nitrogen and oxygen atoms in total. The van der Waals surface area contributed by atoms with Gasteiger partial charge in [-0.2, -0.15) is 0 Å². The van der Waals surface area contributed by atoms with Crippen molar-refractivity contribution in [1.82, 2.24) is 9.97 Å². The zero-order valence-electron chi connectivity index (χ0n) is 14.1. The lowest BCUT2D eigenvalue weighted by Gasteiger charge is -2.11. The van der Waals surface area contributed by atoms with Crippen LogP contribution >= 0.6 is 11.6 Å². The van der Waals surface area contributed by atoms with E-state index in [0.29, 0.717) is 10.8 Å². The van der Waals surface area contributed by atoms with Crippen LogP contribution in [0.15, 0.2) is 72.8 Å². The summed E-state index contributed by atoms with van der Waals surface area (Å²) >= 11 is 5.98. The average Bonchev–Trinajstić information content (AvgIpc) is 2.69. The Bertz CT molecular complexity index is 1050. The van der Waals surface area contributed by atoms with Crippen LogP contribution in [0.25, 0.3) is 22.3 Å². The Hall–Kier alpha value is -3.11. The van der Waals surface area contributed by atoms with Crippen LogP contribution in [0.4, 0.5) is 11.5 Å². The summed E-state index contributed by atoms with van der Waals surface area (Å²) in [5.41, 5.74) is 2.72. The van der Waals surface area contributed by atoms with Gasteiger partial charge in [-0.1, -0.05) is 23.7 Å². The fourth-order valence-corrected chi connectivity index (χ4v) is 2.84. The fraction of sp³-hybridized carbons (Fsp3) is 0.0476. The predicted octanol–water partition coefficient (Wildman–Crippen LogP) is 5.70. The highest BCUT2D eigenvalue weighted by Crippen LogP contribution is 2.28. The van der Waals surface area contributed by atoms with E-state index in [0.717, 1.165) is 33.7 Å². The molecule has 0 amide bonds.